The van der Waals surface area contributed by atoms with Gasteiger partial charge in [-0.05, 0) is 47.9 Å². The predicted molar refractivity (Wildman–Crippen MR) is 117 cm³/mol. The minimum atomic E-state index is -4.47. The van der Waals surface area contributed by atoms with Crippen molar-refractivity contribution >= 4 is 17.7 Å². The molecule has 10 heteroatoms. The van der Waals surface area contributed by atoms with E-state index in [0.717, 1.165) is 29.8 Å². The molecule has 0 aromatic heterocycles. The first kappa shape index (κ1) is 24.0. The van der Waals surface area contributed by atoms with Crippen LogP contribution in [0.4, 0.5) is 23.7 Å². The van der Waals surface area contributed by atoms with E-state index in [1.165, 1.54) is 0 Å². The minimum Gasteiger partial charge on any atom is -0.441 e. The monoisotopic (exact) mass is 478 g/mol. The Bertz CT molecular complexity index is 1020. The van der Waals surface area contributed by atoms with Crippen LogP contribution in [0.3, 0.4) is 0 Å². The molecule has 7 nitrogen and oxygen atoms in total. The topological polar surface area (TPSA) is 85.9 Å². The van der Waals surface area contributed by atoms with Gasteiger partial charge in [0, 0.05) is 11.3 Å². The number of ether oxygens (including phenoxy) is 3. The van der Waals surface area contributed by atoms with Crippen molar-refractivity contribution in [2.45, 2.75) is 50.3 Å². The van der Waals surface area contributed by atoms with Gasteiger partial charge in [-0.3, -0.25) is 10.1 Å². The van der Waals surface area contributed by atoms with Crippen molar-refractivity contribution in [1.29, 1.82) is 0 Å². The Morgan fingerprint density at radius 3 is 2.24 bits per heavy atom. The molecule has 2 aromatic carbocycles. The van der Waals surface area contributed by atoms with Crippen molar-refractivity contribution in [3.05, 3.63) is 65.2 Å². The second kappa shape index (κ2) is 9.63. The fraction of sp³-hybridized carbons (Fsp3) is 0.417. The Hall–Kier alpha value is -3.11. The molecule has 2 amide bonds. The number of benzene rings is 2. The van der Waals surface area contributed by atoms with E-state index in [-0.39, 0.29) is 18.8 Å². The van der Waals surface area contributed by atoms with Crippen LogP contribution in [0.5, 0.6) is 0 Å². The van der Waals surface area contributed by atoms with Crippen LogP contribution in [-0.4, -0.2) is 49.6 Å². The number of rotatable bonds is 5. The summed E-state index contributed by atoms with van der Waals surface area (Å²) in [4.78, 5) is 24.8. The zero-order chi connectivity index (χ0) is 24.5. The van der Waals surface area contributed by atoms with Gasteiger partial charge in [0.1, 0.15) is 12.2 Å². The standard InChI is InChI=1S/C24H25F3N2O5/c1-13(2)14-5-9-17(10-6-14)28-23(31)34-19-12-33-20-18(11-32-21(19)20)29-22(30)15-3-7-16(8-4-15)24(25,26)27/h3-10,13,18-21H,11-12H2,1-2H3,(H,28,31)(H,29,30). The molecule has 2 aliphatic heterocycles. The molecule has 0 radical (unpaired) electrons. The van der Waals surface area contributed by atoms with Crippen LogP contribution in [0.1, 0.15) is 41.3 Å². The van der Waals surface area contributed by atoms with Gasteiger partial charge in [0.2, 0.25) is 0 Å². The summed E-state index contributed by atoms with van der Waals surface area (Å²) in [6.07, 6.45) is -6.88. The number of nitrogens with one attached hydrogen (secondary N) is 2. The van der Waals surface area contributed by atoms with Gasteiger partial charge in [-0.1, -0.05) is 26.0 Å². The van der Waals surface area contributed by atoms with E-state index in [4.69, 9.17) is 14.2 Å². The Kier molecular flexibility index (Phi) is 6.81. The summed E-state index contributed by atoms with van der Waals surface area (Å²) in [5.41, 5.74) is 1.00. The van der Waals surface area contributed by atoms with Gasteiger partial charge in [0.25, 0.3) is 5.91 Å². The van der Waals surface area contributed by atoms with Gasteiger partial charge in [0.05, 0.1) is 24.8 Å². The number of hydrogen-bond acceptors (Lipinski definition) is 5. The first-order chi connectivity index (χ1) is 16.1. The van der Waals surface area contributed by atoms with Crippen molar-refractivity contribution in [1.82, 2.24) is 5.32 Å². The lowest BCUT2D eigenvalue weighted by Gasteiger charge is -2.18. The Morgan fingerprint density at radius 1 is 0.971 bits per heavy atom. The van der Waals surface area contributed by atoms with Crippen LogP contribution in [0, 0.1) is 0 Å². The van der Waals surface area contributed by atoms with E-state index < -0.39 is 48.1 Å². The number of carbonyl (C=O) groups is 2. The Balaban J connectivity index is 1.30. The molecule has 0 bridgehead atoms. The number of alkyl halides is 3. The maximum absolute atomic E-state index is 12.7. The molecule has 2 aromatic rings. The van der Waals surface area contributed by atoms with E-state index in [0.29, 0.717) is 11.6 Å². The number of fused-ring (bicyclic) bond motifs is 1. The van der Waals surface area contributed by atoms with Gasteiger partial charge < -0.3 is 19.5 Å². The molecule has 0 aliphatic carbocycles. The van der Waals surface area contributed by atoms with Crippen LogP contribution < -0.4 is 10.6 Å². The lowest BCUT2D eigenvalue weighted by Crippen LogP contribution is -2.44. The normalized spacial score (nSPS) is 24.1. The molecule has 2 aliphatic rings. The molecular weight excluding hydrogens is 453 g/mol. The molecule has 0 spiro atoms. The average molecular weight is 478 g/mol. The number of carbonyl (C=O) groups excluding carboxylic acids is 2. The summed E-state index contributed by atoms with van der Waals surface area (Å²) in [6, 6.07) is 10.9. The summed E-state index contributed by atoms with van der Waals surface area (Å²) in [5.74, 6) is -0.167. The molecule has 2 heterocycles. The second-order valence-corrected chi connectivity index (χ2v) is 8.60. The lowest BCUT2D eigenvalue weighted by atomic mass is 10.0. The van der Waals surface area contributed by atoms with Gasteiger partial charge in [-0.15, -0.1) is 0 Å². The van der Waals surface area contributed by atoms with Crippen LogP contribution in [-0.2, 0) is 20.4 Å². The molecule has 2 N–H and O–H groups in total. The third-order valence-corrected chi connectivity index (χ3v) is 5.88. The van der Waals surface area contributed by atoms with Gasteiger partial charge in [-0.2, -0.15) is 13.2 Å². The van der Waals surface area contributed by atoms with Crippen LogP contribution in [0.25, 0.3) is 0 Å². The maximum Gasteiger partial charge on any atom is 0.416 e. The van der Waals surface area contributed by atoms with Crippen molar-refractivity contribution in [3.8, 4) is 0 Å². The summed E-state index contributed by atoms with van der Waals surface area (Å²) < 4.78 is 55.0. The number of halogens is 3. The number of anilines is 1. The molecule has 182 valence electrons. The fourth-order valence-electron chi connectivity index (χ4n) is 3.99. The van der Waals surface area contributed by atoms with Crippen LogP contribution in [0.2, 0.25) is 0 Å². The minimum absolute atomic E-state index is 0.0881. The van der Waals surface area contributed by atoms with E-state index >= 15 is 0 Å². The van der Waals surface area contributed by atoms with Gasteiger partial charge in [-0.25, -0.2) is 4.79 Å². The zero-order valence-electron chi connectivity index (χ0n) is 18.6. The summed E-state index contributed by atoms with van der Waals surface area (Å²) >= 11 is 0. The largest absolute Gasteiger partial charge is 0.441 e. The lowest BCUT2D eigenvalue weighted by molar-refractivity contribution is -0.137. The highest BCUT2D eigenvalue weighted by Gasteiger charge is 2.50. The third-order valence-electron chi connectivity index (χ3n) is 5.88. The molecular formula is C24H25F3N2O5. The molecule has 4 unspecified atom stereocenters. The highest BCUT2D eigenvalue weighted by atomic mass is 19.4. The SMILES string of the molecule is CC(C)c1ccc(NC(=O)OC2COC3C(NC(=O)c4ccc(C(F)(F)F)cc4)COC23)cc1. The Labute approximate surface area is 194 Å². The second-order valence-electron chi connectivity index (χ2n) is 8.60. The maximum atomic E-state index is 12.7. The summed E-state index contributed by atoms with van der Waals surface area (Å²) in [7, 11) is 0. The van der Waals surface area contributed by atoms with E-state index in [9.17, 15) is 22.8 Å². The fourth-order valence-corrected chi connectivity index (χ4v) is 3.99. The summed E-state index contributed by atoms with van der Waals surface area (Å²) in [6.45, 7) is 4.38. The van der Waals surface area contributed by atoms with Crippen LogP contribution in [0.15, 0.2) is 48.5 Å². The van der Waals surface area contributed by atoms with E-state index in [1.54, 1.807) is 12.1 Å². The predicted octanol–water partition coefficient (Wildman–Crippen LogP) is 4.34. The molecule has 2 fully saturated rings. The average Bonchev–Trinajstić information content (AvgIpc) is 3.37. The van der Waals surface area contributed by atoms with Crippen molar-refractivity contribution < 1.29 is 37.0 Å². The smallest absolute Gasteiger partial charge is 0.416 e. The van der Waals surface area contributed by atoms with E-state index in [1.807, 2.05) is 12.1 Å². The first-order valence-corrected chi connectivity index (χ1v) is 10.9. The van der Waals surface area contributed by atoms with Crippen molar-refractivity contribution in [2.24, 2.45) is 0 Å². The highest BCUT2D eigenvalue weighted by Crippen LogP contribution is 2.31. The molecule has 0 saturated carbocycles. The molecule has 4 atom stereocenters. The number of hydrogen-bond donors (Lipinski definition) is 2. The van der Waals surface area contributed by atoms with Gasteiger partial charge in [0.15, 0.2) is 6.10 Å². The molecule has 4 rings (SSSR count). The Morgan fingerprint density at radius 2 is 1.62 bits per heavy atom. The number of amides is 2. The quantitative estimate of drug-likeness (QED) is 0.668. The molecule has 34 heavy (non-hydrogen) atoms. The highest BCUT2D eigenvalue weighted by molar-refractivity contribution is 5.94. The molecule has 2 saturated heterocycles. The van der Waals surface area contributed by atoms with Gasteiger partial charge >= 0.3 is 12.3 Å². The summed E-state index contributed by atoms with van der Waals surface area (Å²) in [5, 5.41) is 5.40. The first-order valence-electron chi connectivity index (χ1n) is 10.9. The van der Waals surface area contributed by atoms with E-state index in [2.05, 4.69) is 24.5 Å². The zero-order valence-corrected chi connectivity index (χ0v) is 18.6. The third kappa shape index (κ3) is 5.34. The van der Waals surface area contributed by atoms with Crippen molar-refractivity contribution in [2.75, 3.05) is 18.5 Å². The van der Waals surface area contributed by atoms with Crippen molar-refractivity contribution in [3.63, 3.8) is 0 Å². The van der Waals surface area contributed by atoms with Crippen LogP contribution >= 0.6 is 0 Å².